The van der Waals surface area contributed by atoms with Gasteiger partial charge in [0.2, 0.25) is 5.91 Å². The number of aryl methyl sites for hydroxylation is 2. The fourth-order valence-electron chi connectivity index (χ4n) is 3.86. The first-order valence-corrected chi connectivity index (χ1v) is 10.7. The first-order valence-electron chi connectivity index (χ1n) is 10.7. The van der Waals surface area contributed by atoms with Crippen LogP contribution in [-0.4, -0.2) is 35.4 Å². The van der Waals surface area contributed by atoms with Gasteiger partial charge in [-0.15, -0.1) is 0 Å². The Morgan fingerprint density at radius 2 is 1.85 bits per heavy atom. The molecule has 1 N–H and O–H groups in total. The number of aromatic nitrogens is 6. The Labute approximate surface area is 190 Å². The zero-order chi connectivity index (χ0) is 22.9. The molecule has 0 fully saturated rings. The Balaban J connectivity index is 1.74. The van der Waals surface area contributed by atoms with Crippen LogP contribution in [0.5, 0.6) is 0 Å². The monoisotopic (exact) mass is 437 g/mol. The molecule has 3 heterocycles. The van der Waals surface area contributed by atoms with E-state index in [-0.39, 0.29) is 5.91 Å². The van der Waals surface area contributed by atoms with Crippen molar-refractivity contribution in [2.75, 3.05) is 5.32 Å². The predicted octanol–water partition coefficient (Wildman–Crippen LogP) is 4.54. The summed E-state index contributed by atoms with van der Waals surface area (Å²) in [7, 11) is 1.89. The van der Waals surface area contributed by atoms with Gasteiger partial charge in [-0.05, 0) is 25.1 Å². The second-order valence-corrected chi connectivity index (χ2v) is 7.84. The van der Waals surface area contributed by atoms with E-state index in [1.165, 1.54) is 0 Å². The first kappa shape index (κ1) is 20.6. The van der Waals surface area contributed by atoms with E-state index in [0.29, 0.717) is 12.1 Å². The topological polar surface area (TPSA) is 90.5 Å². The van der Waals surface area contributed by atoms with Crippen molar-refractivity contribution in [2.24, 2.45) is 7.05 Å². The van der Waals surface area contributed by atoms with Crippen LogP contribution in [0.3, 0.4) is 0 Å². The van der Waals surface area contributed by atoms with Gasteiger partial charge in [-0.1, -0.05) is 37.3 Å². The Kier molecular flexibility index (Phi) is 5.18. The zero-order valence-corrected chi connectivity index (χ0v) is 18.6. The van der Waals surface area contributed by atoms with Crippen molar-refractivity contribution in [2.45, 2.75) is 20.3 Å². The molecule has 5 rings (SSSR count). The van der Waals surface area contributed by atoms with Crippen molar-refractivity contribution in [3.05, 3.63) is 72.9 Å². The maximum Gasteiger partial charge on any atom is 0.224 e. The van der Waals surface area contributed by atoms with E-state index in [1.807, 2.05) is 81.8 Å². The van der Waals surface area contributed by atoms with Crippen molar-refractivity contribution in [1.82, 2.24) is 29.5 Å². The maximum atomic E-state index is 12.3. The molecule has 0 saturated carbocycles. The molecule has 2 aromatic carbocycles. The van der Waals surface area contributed by atoms with Gasteiger partial charge < -0.3 is 5.32 Å². The highest BCUT2D eigenvalue weighted by Crippen LogP contribution is 2.36. The molecule has 33 heavy (non-hydrogen) atoms. The van der Waals surface area contributed by atoms with E-state index in [1.54, 1.807) is 15.7 Å². The summed E-state index contributed by atoms with van der Waals surface area (Å²) in [5.74, 6) is -0.0794. The number of carbonyl (C=O) groups is 1. The van der Waals surface area contributed by atoms with Crippen LogP contribution in [0.4, 0.5) is 5.69 Å². The summed E-state index contributed by atoms with van der Waals surface area (Å²) < 4.78 is 3.54. The summed E-state index contributed by atoms with van der Waals surface area (Å²) in [6.45, 7) is 3.75. The molecular formula is C25H23N7O. The van der Waals surface area contributed by atoms with Crippen LogP contribution in [0, 0.1) is 6.92 Å². The molecule has 8 nitrogen and oxygen atoms in total. The van der Waals surface area contributed by atoms with E-state index >= 15 is 0 Å². The summed E-state index contributed by atoms with van der Waals surface area (Å²) >= 11 is 0. The molecule has 0 aliphatic rings. The fourth-order valence-corrected chi connectivity index (χ4v) is 3.86. The number of benzene rings is 2. The normalized spacial score (nSPS) is 11.1. The number of hydrogen-bond acceptors (Lipinski definition) is 5. The van der Waals surface area contributed by atoms with E-state index in [2.05, 4.69) is 25.5 Å². The number of carbonyl (C=O) groups excluding carboxylic acids is 1. The molecule has 164 valence electrons. The lowest BCUT2D eigenvalue weighted by Gasteiger charge is -2.14. The molecule has 8 heteroatoms. The third-order valence-electron chi connectivity index (χ3n) is 5.45. The number of nitrogens with one attached hydrogen (secondary N) is 1. The van der Waals surface area contributed by atoms with Gasteiger partial charge in [-0.25, -0.2) is 14.6 Å². The highest BCUT2D eigenvalue weighted by molar-refractivity contribution is 6.02. The van der Waals surface area contributed by atoms with Gasteiger partial charge >= 0.3 is 0 Å². The Morgan fingerprint density at radius 3 is 2.58 bits per heavy atom. The van der Waals surface area contributed by atoms with Crippen LogP contribution in [0.25, 0.3) is 39.1 Å². The second-order valence-electron chi connectivity index (χ2n) is 7.84. The molecule has 0 unspecified atom stereocenters. The predicted molar refractivity (Wildman–Crippen MR) is 128 cm³/mol. The van der Waals surface area contributed by atoms with Crippen LogP contribution in [0.15, 0.2) is 67.3 Å². The number of hydrogen-bond donors (Lipinski definition) is 1. The van der Waals surface area contributed by atoms with Crippen molar-refractivity contribution >= 4 is 22.5 Å². The molecule has 1 amide bonds. The molecule has 0 spiro atoms. The summed E-state index contributed by atoms with van der Waals surface area (Å²) in [6.07, 6.45) is 5.75. The standard InChI is InChI=1S/C25H23N7O/c1-4-23(33)28-21-12-18-20(13-22(21)32-11-10-16(2)29-32)26-15-27-25(18)19-14-31(3)30-24(19)17-8-6-5-7-9-17/h5-15H,4H2,1-3H3,(H,28,33). The minimum atomic E-state index is -0.0794. The number of amides is 1. The van der Waals surface area contributed by atoms with E-state index in [4.69, 9.17) is 0 Å². The van der Waals surface area contributed by atoms with Gasteiger partial charge in [0.1, 0.15) is 12.0 Å². The van der Waals surface area contributed by atoms with Crippen LogP contribution >= 0.6 is 0 Å². The van der Waals surface area contributed by atoms with Crippen molar-refractivity contribution in [1.29, 1.82) is 0 Å². The van der Waals surface area contributed by atoms with Crippen LogP contribution in [-0.2, 0) is 11.8 Å². The quantitative estimate of drug-likeness (QED) is 0.436. The van der Waals surface area contributed by atoms with Crippen molar-refractivity contribution in [3.63, 3.8) is 0 Å². The van der Waals surface area contributed by atoms with Crippen LogP contribution < -0.4 is 5.32 Å². The lowest BCUT2D eigenvalue weighted by molar-refractivity contribution is -0.115. The third-order valence-corrected chi connectivity index (χ3v) is 5.45. The van der Waals surface area contributed by atoms with E-state index < -0.39 is 0 Å². The number of nitrogens with zero attached hydrogens (tertiary/aromatic N) is 6. The lowest BCUT2D eigenvalue weighted by Crippen LogP contribution is -2.12. The summed E-state index contributed by atoms with van der Waals surface area (Å²) in [5.41, 5.74) is 6.52. The second kappa shape index (κ2) is 8.31. The summed E-state index contributed by atoms with van der Waals surface area (Å²) in [4.78, 5) is 21.5. The molecule has 0 saturated heterocycles. The largest absolute Gasteiger partial charge is 0.324 e. The van der Waals surface area contributed by atoms with E-state index in [9.17, 15) is 4.79 Å². The Hall–Kier alpha value is -4.33. The molecule has 0 radical (unpaired) electrons. The molecular weight excluding hydrogens is 414 g/mol. The zero-order valence-electron chi connectivity index (χ0n) is 18.6. The summed E-state index contributed by atoms with van der Waals surface area (Å²) in [5, 5.41) is 13.1. The molecule has 0 atom stereocenters. The number of fused-ring (bicyclic) bond motifs is 1. The minimum absolute atomic E-state index is 0.0794. The fraction of sp³-hybridized carbons (Fsp3) is 0.160. The van der Waals surface area contributed by atoms with Crippen LogP contribution in [0.1, 0.15) is 19.0 Å². The SMILES string of the molecule is CCC(=O)Nc1cc2c(-c3cn(C)nc3-c3ccccc3)ncnc2cc1-n1ccc(C)n1. The number of rotatable bonds is 5. The van der Waals surface area contributed by atoms with E-state index in [0.717, 1.165) is 44.8 Å². The van der Waals surface area contributed by atoms with Gasteiger partial charge in [0, 0.05) is 42.4 Å². The minimum Gasteiger partial charge on any atom is -0.324 e. The molecule has 0 aliphatic carbocycles. The van der Waals surface area contributed by atoms with Gasteiger partial charge in [-0.3, -0.25) is 9.48 Å². The van der Waals surface area contributed by atoms with Gasteiger partial charge in [-0.2, -0.15) is 10.2 Å². The molecule has 0 aliphatic heterocycles. The lowest BCUT2D eigenvalue weighted by atomic mass is 10.0. The maximum absolute atomic E-state index is 12.3. The average Bonchev–Trinajstić information content (AvgIpc) is 3.44. The smallest absolute Gasteiger partial charge is 0.224 e. The highest BCUT2D eigenvalue weighted by atomic mass is 16.1. The Morgan fingerprint density at radius 1 is 1.03 bits per heavy atom. The third kappa shape index (κ3) is 3.87. The average molecular weight is 438 g/mol. The van der Waals surface area contributed by atoms with Gasteiger partial charge in [0.15, 0.2) is 0 Å². The van der Waals surface area contributed by atoms with Gasteiger partial charge in [0.05, 0.1) is 28.3 Å². The highest BCUT2D eigenvalue weighted by Gasteiger charge is 2.19. The van der Waals surface area contributed by atoms with Crippen molar-refractivity contribution < 1.29 is 4.79 Å². The number of anilines is 1. The van der Waals surface area contributed by atoms with Crippen LogP contribution in [0.2, 0.25) is 0 Å². The molecule has 3 aromatic heterocycles. The molecule has 0 bridgehead atoms. The Bertz CT molecular complexity index is 1470. The first-order chi connectivity index (χ1) is 16.0. The molecule has 5 aromatic rings. The van der Waals surface area contributed by atoms with Gasteiger partial charge in [0.25, 0.3) is 0 Å². The van der Waals surface area contributed by atoms with Crippen molar-refractivity contribution in [3.8, 4) is 28.2 Å². The summed E-state index contributed by atoms with van der Waals surface area (Å²) in [6, 6.07) is 15.8.